The smallest absolute Gasteiger partial charge is 0.164 e. The lowest BCUT2D eigenvalue weighted by Crippen LogP contribution is -2.00. The number of rotatable bonds is 5. The van der Waals surface area contributed by atoms with Crippen LogP contribution in [-0.4, -0.2) is 15.0 Å². The fraction of sp³-hybridized carbons (Fsp3) is 0.108. The minimum atomic E-state index is 0.659. The summed E-state index contributed by atoms with van der Waals surface area (Å²) in [6.45, 7) is 8.54. The van der Waals surface area contributed by atoms with Crippen molar-refractivity contribution in [2.75, 3.05) is 0 Å². The zero-order valence-corrected chi connectivity index (χ0v) is 23.3. The van der Waals surface area contributed by atoms with Crippen molar-refractivity contribution >= 4 is 0 Å². The van der Waals surface area contributed by atoms with E-state index < -0.39 is 0 Å². The van der Waals surface area contributed by atoms with Crippen LogP contribution in [0.15, 0.2) is 115 Å². The highest BCUT2D eigenvalue weighted by Gasteiger charge is 2.14. The lowest BCUT2D eigenvalue weighted by atomic mass is 9.98. The maximum Gasteiger partial charge on any atom is 0.164 e. The van der Waals surface area contributed by atoms with Gasteiger partial charge in [0.25, 0.3) is 0 Å². The summed E-state index contributed by atoms with van der Waals surface area (Å²) < 4.78 is 0. The molecule has 0 saturated carbocycles. The van der Waals surface area contributed by atoms with Gasteiger partial charge in [0, 0.05) is 16.7 Å². The largest absolute Gasteiger partial charge is 0.208 e. The van der Waals surface area contributed by atoms with E-state index in [-0.39, 0.29) is 0 Å². The molecule has 0 radical (unpaired) electrons. The van der Waals surface area contributed by atoms with E-state index in [1.54, 1.807) is 0 Å². The van der Waals surface area contributed by atoms with Crippen molar-refractivity contribution in [3.63, 3.8) is 0 Å². The monoisotopic (exact) mass is 517 g/mol. The molecule has 6 rings (SSSR count). The van der Waals surface area contributed by atoms with Crippen molar-refractivity contribution in [3.05, 3.63) is 138 Å². The van der Waals surface area contributed by atoms with Crippen LogP contribution in [0.2, 0.25) is 0 Å². The molecule has 1 heterocycles. The van der Waals surface area contributed by atoms with Gasteiger partial charge in [0.2, 0.25) is 0 Å². The second-order valence-corrected chi connectivity index (χ2v) is 10.6. The lowest BCUT2D eigenvalue weighted by molar-refractivity contribution is 1.07. The molecule has 0 unspecified atom stereocenters. The summed E-state index contributed by atoms with van der Waals surface area (Å²) in [5.74, 6) is 1.98. The molecule has 0 spiro atoms. The number of benzene rings is 5. The van der Waals surface area contributed by atoms with Crippen LogP contribution in [0.3, 0.4) is 0 Å². The van der Waals surface area contributed by atoms with E-state index in [9.17, 15) is 0 Å². The van der Waals surface area contributed by atoms with Crippen LogP contribution in [0.25, 0.3) is 56.4 Å². The van der Waals surface area contributed by atoms with Crippen LogP contribution in [0.5, 0.6) is 0 Å². The zero-order chi connectivity index (χ0) is 27.6. The van der Waals surface area contributed by atoms with Gasteiger partial charge in [-0.25, -0.2) is 15.0 Å². The Labute approximate surface area is 236 Å². The summed E-state index contributed by atoms with van der Waals surface area (Å²) in [6.07, 6.45) is 0. The summed E-state index contributed by atoms with van der Waals surface area (Å²) in [4.78, 5) is 14.9. The Hall–Kier alpha value is -4.89. The Kier molecular flexibility index (Phi) is 6.79. The summed E-state index contributed by atoms with van der Waals surface area (Å²) in [5.41, 5.74) is 12.5. The number of aryl methyl sites for hydroxylation is 4. The van der Waals surface area contributed by atoms with Crippen LogP contribution in [0.4, 0.5) is 0 Å². The van der Waals surface area contributed by atoms with Gasteiger partial charge in [-0.3, -0.25) is 0 Å². The first-order valence-electron chi connectivity index (χ1n) is 13.6. The van der Waals surface area contributed by atoms with Crippen molar-refractivity contribution < 1.29 is 0 Å². The molecule has 5 aromatic carbocycles. The molecule has 1 aromatic heterocycles. The summed E-state index contributed by atoms with van der Waals surface area (Å²) in [7, 11) is 0. The maximum atomic E-state index is 5.02. The summed E-state index contributed by atoms with van der Waals surface area (Å²) in [5, 5.41) is 0. The fourth-order valence-corrected chi connectivity index (χ4v) is 5.31. The first-order valence-corrected chi connectivity index (χ1v) is 13.6. The first kappa shape index (κ1) is 25.4. The fourth-order valence-electron chi connectivity index (χ4n) is 5.31. The van der Waals surface area contributed by atoms with Gasteiger partial charge < -0.3 is 0 Å². The Balaban J connectivity index is 1.49. The minimum Gasteiger partial charge on any atom is -0.208 e. The second kappa shape index (κ2) is 10.7. The third-order valence-electron chi connectivity index (χ3n) is 7.02. The van der Waals surface area contributed by atoms with Crippen LogP contribution < -0.4 is 0 Å². The molecule has 0 atom stereocenters. The molecule has 0 saturated heterocycles. The summed E-state index contributed by atoms with van der Waals surface area (Å²) >= 11 is 0. The van der Waals surface area contributed by atoms with E-state index in [0.29, 0.717) is 17.5 Å². The van der Waals surface area contributed by atoms with E-state index in [4.69, 9.17) is 15.0 Å². The molecule has 0 bridgehead atoms. The molecular formula is C37H31N3. The molecule has 3 nitrogen and oxygen atoms in total. The third kappa shape index (κ3) is 5.45. The van der Waals surface area contributed by atoms with Crippen molar-refractivity contribution in [1.82, 2.24) is 15.0 Å². The van der Waals surface area contributed by atoms with Gasteiger partial charge in [0.1, 0.15) is 0 Å². The second-order valence-electron chi connectivity index (χ2n) is 10.6. The molecule has 0 aliphatic rings. The molecule has 0 fully saturated rings. The van der Waals surface area contributed by atoms with Crippen molar-refractivity contribution in [1.29, 1.82) is 0 Å². The van der Waals surface area contributed by atoms with Crippen LogP contribution in [0.1, 0.15) is 22.3 Å². The number of hydrogen-bond donors (Lipinski definition) is 0. The predicted octanol–water partition coefficient (Wildman–Crippen LogP) is 9.44. The van der Waals surface area contributed by atoms with Crippen LogP contribution >= 0.6 is 0 Å². The molecule has 0 amide bonds. The van der Waals surface area contributed by atoms with Crippen molar-refractivity contribution in [2.24, 2.45) is 0 Å². The topological polar surface area (TPSA) is 38.7 Å². The zero-order valence-electron chi connectivity index (χ0n) is 23.3. The van der Waals surface area contributed by atoms with Crippen LogP contribution in [0, 0.1) is 27.7 Å². The van der Waals surface area contributed by atoms with Gasteiger partial charge in [0.15, 0.2) is 17.5 Å². The average Bonchev–Trinajstić information content (AvgIpc) is 2.96. The number of hydrogen-bond acceptors (Lipinski definition) is 3. The van der Waals surface area contributed by atoms with E-state index in [2.05, 4.69) is 113 Å². The molecular weight excluding hydrogens is 486 g/mol. The first-order chi connectivity index (χ1) is 19.4. The molecule has 0 aliphatic heterocycles. The van der Waals surface area contributed by atoms with Gasteiger partial charge in [-0.15, -0.1) is 0 Å². The number of aromatic nitrogens is 3. The SMILES string of the molecule is Cc1cc(C)cc(-c2cccc(-c3nc(-c4ccccc4)nc(-c4cccc(-c5cc(C)cc(C)c5)c4)n3)c2)c1. The average molecular weight is 518 g/mol. The summed E-state index contributed by atoms with van der Waals surface area (Å²) in [6, 6.07) is 40.3. The highest BCUT2D eigenvalue weighted by atomic mass is 15.0. The van der Waals surface area contributed by atoms with Gasteiger partial charge in [0.05, 0.1) is 0 Å². The standard InChI is InChI=1S/C37H31N3/c1-24-16-25(2)19-33(18-24)29-12-8-14-31(22-29)36-38-35(28-10-6-5-7-11-28)39-37(40-36)32-15-9-13-30(23-32)34-20-26(3)17-27(4)21-34/h5-23H,1-4H3. The Morgan fingerprint density at radius 2 is 0.650 bits per heavy atom. The molecule has 6 aromatic rings. The highest BCUT2D eigenvalue weighted by molar-refractivity contribution is 5.75. The van der Waals surface area contributed by atoms with Crippen molar-refractivity contribution in [2.45, 2.75) is 27.7 Å². The van der Waals surface area contributed by atoms with Gasteiger partial charge >= 0.3 is 0 Å². The molecule has 3 heteroatoms. The normalized spacial score (nSPS) is 11.0. The van der Waals surface area contributed by atoms with E-state index in [1.165, 1.54) is 33.4 Å². The van der Waals surface area contributed by atoms with Crippen LogP contribution in [-0.2, 0) is 0 Å². The minimum absolute atomic E-state index is 0.659. The third-order valence-corrected chi connectivity index (χ3v) is 7.02. The quantitative estimate of drug-likeness (QED) is 0.229. The van der Waals surface area contributed by atoms with Gasteiger partial charge in [-0.2, -0.15) is 0 Å². The van der Waals surface area contributed by atoms with E-state index >= 15 is 0 Å². The van der Waals surface area contributed by atoms with E-state index in [0.717, 1.165) is 27.8 Å². The van der Waals surface area contributed by atoms with Crippen molar-refractivity contribution in [3.8, 4) is 56.4 Å². The molecule has 0 aliphatic carbocycles. The van der Waals surface area contributed by atoms with Gasteiger partial charge in [-0.05, 0) is 62.1 Å². The number of nitrogens with zero attached hydrogens (tertiary/aromatic N) is 3. The molecule has 40 heavy (non-hydrogen) atoms. The Morgan fingerprint density at radius 1 is 0.300 bits per heavy atom. The lowest BCUT2D eigenvalue weighted by Gasteiger charge is -2.11. The Morgan fingerprint density at radius 3 is 1.07 bits per heavy atom. The molecule has 194 valence electrons. The van der Waals surface area contributed by atoms with E-state index in [1.807, 2.05) is 30.3 Å². The Bertz CT molecular complexity index is 1680. The highest BCUT2D eigenvalue weighted by Crippen LogP contribution is 2.31. The predicted molar refractivity (Wildman–Crippen MR) is 166 cm³/mol. The molecule has 0 N–H and O–H groups in total. The van der Waals surface area contributed by atoms with Gasteiger partial charge in [-0.1, -0.05) is 125 Å². The maximum absolute atomic E-state index is 5.02.